The third-order valence-corrected chi connectivity index (χ3v) is 2.70. The molecule has 66 valence electrons. The summed E-state index contributed by atoms with van der Waals surface area (Å²) >= 11 is 1.78. The van der Waals surface area contributed by atoms with E-state index in [0.717, 1.165) is 13.0 Å². The Labute approximate surface area is 78.4 Å². The topological polar surface area (TPSA) is 26.0 Å². The molecule has 0 aliphatic carbocycles. The Morgan fingerprint density at radius 2 is 2.17 bits per heavy atom. The number of hydrogen-bond donors (Lipinski definition) is 1. The molecule has 0 heterocycles. The first-order valence-electron chi connectivity index (χ1n) is 4.11. The van der Waals surface area contributed by atoms with E-state index in [1.807, 2.05) is 0 Å². The van der Waals surface area contributed by atoms with Crippen LogP contribution in [-0.2, 0) is 6.42 Å². The molecule has 0 fully saturated rings. The Morgan fingerprint density at radius 1 is 1.42 bits per heavy atom. The first kappa shape index (κ1) is 9.62. The summed E-state index contributed by atoms with van der Waals surface area (Å²) in [5, 5.41) is 0. The molecule has 1 rings (SSSR count). The van der Waals surface area contributed by atoms with E-state index in [1.54, 1.807) is 11.8 Å². The van der Waals surface area contributed by atoms with Gasteiger partial charge < -0.3 is 5.73 Å². The molecular weight excluding hydrogens is 166 g/mol. The fraction of sp³-hybridized carbons (Fsp3) is 0.400. The van der Waals surface area contributed by atoms with Crippen molar-refractivity contribution in [1.29, 1.82) is 0 Å². The van der Waals surface area contributed by atoms with Gasteiger partial charge in [-0.25, -0.2) is 0 Å². The lowest BCUT2D eigenvalue weighted by atomic mass is 10.1. The van der Waals surface area contributed by atoms with E-state index in [-0.39, 0.29) is 0 Å². The third-order valence-electron chi connectivity index (χ3n) is 1.97. The molecule has 0 amide bonds. The Hall–Kier alpha value is -0.470. The van der Waals surface area contributed by atoms with Gasteiger partial charge in [-0.3, -0.25) is 0 Å². The van der Waals surface area contributed by atoms with E-state index in [0.29, 0.717) is 0 Å². The molecular formula is C10H15NS. The first-order chi connectivity index (χ1) is 5.77. The van der Waals surface area contributed by atoms with Crippen LogP contribution in [0.3, 0.4) is 0 Å². The van der Waals surface area contributed by atoms with E-state index >= 15 is 0 Å². The molecule has 1 aromatic rings. The van der Waals surface area contributed by atoms with Crippen LogP contribution in [0.5, 0.6) is 0 Å². The highest BCUT2D eigenvalue weighted by Crippen LogP contribution is 2.18. The molecule has 0 aromatic heterocycles. The predicted molar refractivity (Wildman–Crippen MR) is 55.7 cm³/mol. The maximum Gasteiger partial charge on any atom is 0.00720 e. The normalized spacial score (nSPS) is 10.2. The molecule has 0 bridgehead atoms. The van der Waals surface area contributed by atoms with Gasteiger partial charge in [0.15, 0.2) is 0 Å². The number of benzene rings is 1. The summed E-state index contributed by atoms with van der Waals surface area (Å²) in [6.45, 7) is 2.87. The fourth-order valence-electron chi connectivity index (χ4n) is 1.20. The average molecular weight is 181 g/mol. The zero-order chi connectivity index (χ0) is 8.97. The Bertz CT molecular complexity index is 258. The van der Waals surface area contributed by atoms with Crippen molar-refractivity contribution in [2.75, 3.05) is 12.8 Å². The van der Waals surface area contributed by atoms with Gasteiger partial charge in [0.2, 0.25) is 0 Å². The lowest BCUT2D eigenvalue weighted by molar-refractivity contribution is 0.952. The van der Waals surface area contributed by atoms with Crippen molar-refractivity contribution < 1.29 is 0 Å². The molecule has 0 aliphatic heterocycles. The maximum atomic E-state index is 5.51. The highest BCUT2D eigenvalue weighted by molar-refractivity contribution is 7.98. The molecule has 0 saturated heterocycles. The van der Waals surface area contributed by atoms with Crippen molar-refractivity contribution in [2.45, 2.75) is 18.2 Å². The summed E-state index contributed by atoms with van der Waals surface area (Å²) in [6, 6.07) is 6.55. The molecule has 0 atom stereocenters. The summed E-state index contributed by atoms with van der Waals surface area (Å²) < 4.78 is 0. The van der Waals surface area contributed by atoms with Crippen molar-refractivity contribution in [2.24, 2.45) is 5.73 Å². The minimum Gasteiger partial charge on any atom is -0.330 e. The summed E-state index contributed by atoms with van der Waals surface area (Å²) in [7, 11) is 0. The Kier molecular flexibility index (Phi) is 3.63. The molecule has 0 radical (unpaired) electrons. The molecule has 2 N–H and O–H groups in total. The van der Waals surface area contributed by atoms with Crippen molar-refractivity contribution in [3.63, 3.8) is 0 Å². The second kappa shape index (κ2) is 4.53. The molecule has 2 heteroatoms. The molecule has 12 heavy (non-hydrogen) atoms. The average Bonchev–Trinajstić information content (AvgIpc) is 2.09. The van der Waals surface area contributed by atoms with Gasteiger partial charge in [-0.05, 0) is 49.4 Å². The standard InChI is InChI=1S/C10H15NS/c1-8-3-4-10(12-2)7-9(8)5-6-11/h3-4,7H,5-6,11H2,1-2H3. The number of thioether (sulfide) groups is 1. The van der Waals surface area contributed by atoms with Crippen LogP contribution in [0.25, 0.3) is 0 Å². The van der Waals surface area contributed by atoms with E-state index in [2.05, 4.69) is 31.4 Å². The zero-order valence-electron chi connectivity index (χ0n) is 7.63. The van der Waals surface area contributed by atoms with Crippen molar-refractivity contribution in [1.82, 2.24) is 0 Å². The summed E-state index contributed by atoms with van der Waals surface area (Å²) in [4.78, 5) is 1.32. The van der Waals surface area contributed by atoms with Crippen LogP contribution in [-0.4, -0.2) is 12.8 Å². The Morgan fingerprint density at radius 3 is 2.75 bits per heavy atom. The number of rotatable bonds is 3. The van der Waals surface area contributed by atoms with E-state index < -0.39 is 0 Å². The van der Waals surface area contributed by atoms with Crippen LogP contribution < -0.4 is 5.73 Å². The molecule has 1 aromatic carbocycles. The molecule has 0 spiro atoms. The summed E-state index contributed by atoms with van der Waals surface area (Å²) in [5.74, 6) is 0. The van der Waals surface area contributed by atoms with Crippen molar-refractivity contribution in [3.8, 4) is 0 Å². The smallest absolute Gasteiger partial charge is 0.00720 e. The minimum atomic E-state index is 0.735. The van der Waals surface area contributed by atoms with Crippen LogP contribution >= 0.6 is 11.8 Å². The summed E-state index contributed by atoms with van der Waals surface area (Å²) in [6.07, 6.45) is 3.08. The van der Waals surface area contributed by atoms with Crippen LogP contribution in [0.2, 0.25) is 0 Å². The number of nitrogens with two attached hydrogens (primary N) is 1. The highest BCUT2D eigenvalue weighted by atomic mass is 32.2. The van der Waals surface area contributed by atoms with Crippen LogP contribution in [0.1, 0.15) is 11.1 Å². The number of aryl methyl sites for hydroxylation is 1. The third kappa shape index (κ3) is 2.26. The molecule has 0 unspecified atom stereocenters. The quantitative estimate of drug-likeness (QED) is 0.724. The Balaban J connectivity index is 2.91. The van der Waals surface area contributed by atoms with E-state index in [4.69, 9.17) is 5.73 Å². The first-order valence-corrected chi connectivity index (χ1v) is 5.34. The van der Waals surface area contributed by atoms with Gasteiger partial charge in [0.05, 0.1) is 0 Å². The van der Waals surface area contributed by atoms with E-state index in [1.165, 1.54) is 16.0 Å². The van der Waals surface area contributed by atoms with Crippen LogP contribution in [0.15, 0.2) is 23.1 Å². The second-order valence-electron chi connectivity index (χ2n) is 2.83. The second-order valence-corrected chi connectivity index (χ2v) is 3.71. The van der Waals surface area contributed by atoms with Gasteiger partial charge in [0.1, 0.15) is 0 Å². The maximum absolute atomic E-state index is 5.51. The van der Waals surface area contributed by atoms with Crippen molar-refractivity contribution in [3.05, 3.63) is 29.3 Å². The van der Waals surface area contributed by atoms with Gasteiger partial charge >= 0.3 is 0 Å². The SMILES string of the molecule is CSc1ccc(C)c(CCN)c1. The monoisotopic (exact) mass is 181 g/mol. The van der Waals surface area contributed by atoms with Gasteiger partial charge in [-0.1, -0.05) is 6.07 Å². The molecule has 0 aliphatic rings. The molecule has 0 saturated carbocycles. The van der Waals surface area contributed by atoms with E-state index in [9.17, 15) is 0 Å². The van der Waals surface area contributed by atoms with Gasteiger partial charge in [-0.15, -0.1) is 11.8 Å². The highest BCUT2D eigenvalue weighted by Gasteiger charge is 1.98. The van der Waals surface area contributed by atoms with Gasteiger partial charge in [0.25, 0.3) is 0 Å². The largest absolute Gasteiger partial charge is 0.330 e. The predicted octanol–water partition coefficient (Wildman–Crippen LogP) is 2.22. The van der Waals surface area contributed by atoms with Gasteiger partial charge in [-0.2, -0.15) is 0 Å². The van der Waals surface area contributed by atoms with Crippen molar-refractivity contribution >= 4 is 11.8 Å². The lowest BCUT2D eigenvalue weighted by Gasteiger charge is -2.05. The zero-order valence-corrected chi connectivity index (χ0v) is 8.45. The van der Waals surface area contributed by atoms with Crippen LogP contribution in [0, 0.1) is 6.92 Å². The fourth-order valence-corrected chi connectivity index (χ4v) is 1.66. The van der Waals surface area contributed by atoms with Gasteiger partial charge in [0, 0.05) is 4.90 Å². The minimum absolute atomic E-state index is 0.735. The lowest BCUT2D eigenvalue weighted by Crippen LogP contribution is -2.04. The molecule has 1 nitrogen and oxygen atoms in total. The van der Waals surface area contributed by atoms with Crippen LogP contribution in [0.4, 0.5) is 0 Å². The number of hydrogen-bond acceptors (Lipinski definition) is 2. The summed E-state index contributed by atoms with van der Waals surface area (Å²) in [5.41, 5.74) is 8.24.